The van der Waals surface area contributed by atoms with Crippen molar-refractivity contribution in [3.05, 3.63) is 30.3 Å². The van der Waals surface area contributed by atoms with Crippen molar-refractivity contribution in [3.63, 3.8) is 0 Å². The van der Waals surface area contributed by atoms with Crippen molar-refractivity contribution < 1.29 is 12.6 Å². The number of benzene rings is 1. The van der Waals surface area contributed by atoms with Crippen LogP contribution >= 0.6 is 0 Å². The van der Waals surface area contributed by atoms with Gasteiger partial charge in [0.25, 0.3) is 0 Å². The summed E-state index contributed by atoms with van der Waals surface area (Å²) in [6, 6.07) is 8.73. The van der Waals surface area contributed by atoms with Crippen LogP contribution in [0.15, 0.2) is 30.3 Å². The first-order chi connectivity index (χ1) is 9.10. The van der Waals surface area contributed by atoms with E-state index in [1.807, 2.05) is 13.0 Å². The summed E-state index contributed by atoms with van der Waals surface area (Å²) >= 11 is 0. The monoisotopic (exact) mass is 284 g/mol. The third-order valence-corrected chi connectivity index (χ3v) is 4.82. The van der Waals surface area contributed by atoms with Crippen LogP contribution in [-0.2, 0) is 10.1 Å². The molecule has 1 aromatic carbocycles. The lowest BCUT2D eigenvalue weighted by Gasteiger charge is -2.17. The van der Waals surface area contributed by atoms with Crippen LogP contribution < -0.4 is 4.18 Å². The van der Waals surface area contributed by atoms with Crippen molar-refractivity contribution >= 4 is 10.1 Å². The van der Waals surface area contributed by atoms with Crippen LogP contribution in [-0.4, -0.2) is 13.7 Å². The Labute approximate surface area is 117 Å². The summed E-state index contributed by atoms with van der Waals surface area (Å²) in [5.41, 5.74) is 0. The third-order valence-electron chi connectivity index (χ3n) is 3.10. The standard InChI is InChI=1S/C15H24O3S/c1-3-5-7-13-15(10-4-2)19(16,17)18-14-11-8-6-9-12-14/h6,8-9,11-12,15H,3-5,7,10,13H2,1-2H3. The fraction of sp³-hybridized carbons (Fsp3) is 0.600. The topological polar surface area (TPSA) is 43.4 Å². The number of unbranched alkanes of at least 4 members (excludes halogenated alkanes) is 2. The minimum absolute atomic E-state index is 0.385. The molecular weight excluding hydrogens is 260 g/mol. The van der Waals surface area contributed by atoms with E-state index >= 15 is 0 Å². The SMILES string of the molecule is CCCCCC(CCC)S(=O)(=O)Oc1ccccc1. The zero-order valence-electron chi connectivity index (χ0n) is 11.8. The number of hydrogen-bond donors (Lipinski definition) is 0. The molecule has 0 amide bonds. The highest BCUT2D eigenvalue weighted by atomic mass is 32.2. The van der Waals surface area contributed by atoms with Crippen molar-refractivity contribution in [1.29, 1.82) is 0 Å². The minimum atomic E-state index is -3.52. The van der Waals surface area contributed by atoms with Crippen LogP contribution in [0.25, 0.3) is 0 Å². The Kier molecular flexibility index (Phi) is 6.92. The molecule has 0 N–H and O–H groups in total. The lowest BCUT2D eigenvalue weighted by Crippen LogP contribution is -2.26. The van der Waals surface area contributed by atoms with Crippen LogP contribution in [0.3, 0.4) is 0 Å². The van der Waals surface area contributed by atoms with Crippen molar-refractivity contribution in [2.24, 2.45) is 0 Å². The molecule has 0 aliphatic carbocycles. The van der Waals surface area contributed by atoms with E-state index in [1.165, 1.54) is 0 Å². The largest absolute Gasteiger partial charge is 0.382 e. The van der Waals surface area contributed by atoms with E-state index in [-0.39, 0.29) is 5.25 Å². The summed E-state index contributed by atoms with van der Waals surface area (Å²) in [7, 11) is -3.52. The van der Waals surface area contributed by atoms with Gasteiger partial charge >= 0.3 is 10.1 Å². The van der Waals surface area contributed by atoms with Gasteiger partial charge in [-0.3, -0.25) is 0 Å². The molecule has 19 heavy (non-hydrogen) atoms. The molecule has 108 valence electrons. The molecule has 0 saturated heterocycles. The van der Waals surface area contributed by atoms with Gasteiger partial charge in [-0.25, -0.2) is 0 Å². The van der Waals surface area contributed by atoms with E-state index in [0.29, 0.717) is 18.6 Å². The maximum absolute atomic E-state index is 12.3. The van der Waals surface area contributed by atoms with Crippen LogP contribution in [0.1, 0.15) is 52.4 Å². The first-order valence-corrected chi connectivity index (χ1v) is 8.55. The maximum atomic E-state index is 12.3. The quantitative estimate of drug-likeness (QED) is 0.505. The molecule has 1 aromatic rings. The molecule has 0 radical (unpaired) electrons. The van der Waals surface area contributed by atoms with E-state index in [2.05, 4.69) is 6.92 Å². The van der Waals surface area contributed by atoms with E-state index in [9.17, 15) is 8.42 Å². The van der Waals surface area contributed by atoms with Gasteiger partial charge in [-0.15, -0.1) is 0 Å². The van der Waals surface area contributed by atoms with Gasteiger partial charge in [0.05, 0.1) is 5.25 Å². The van der Waals surface area contributed by atoms with Gasteiger partial charge in [0.1, 0.15) is 5.75 Å². The maximum Gasteiger partial charge on any atom is 0.312 e. The molecule has 0 saturated carbocycles. The van der Waals surface area contributed by atoms with Crippen molar-refractivity contribution in [2.45, 2.75) is 57.6 Å². The molecule has 1 rings (SSSR count). The predicted molar refractivity (Wildman–Crippen MR) is 78.8 cm³/mol. The molecule has 1 unspecified atom stereocenters. The van der Waals surface area contributed by atoms with Gasteiger partial charge in [0.15, 0.2) is 0 Å². The molecule has 0 aliphatic heterocycles. The second kappa shape index (κ2) is 8.20. The first kappa shape index (κ1) is 16.0. The Balaban J connectivity index is 2.69. The molecule has 4 heteroatoms. The van der Waals surface area contributed by atoms with Crippen molar-refractivity contribution in [2.75, 3.05) is 0 Å². The average Bonchev–Trinajstić information content (AvgIpc) is 2.38. The summed E-state index contributed by atoms with van der Waals surface area (Å²) in [5, 5.41) is -0.385. The predicted octanol–water partition coefficient (Wildman–Crippen LogP) is 4.14. The highest BCUT2D eigenvalue weighted by Crippen LogP contribution is 2.21. The van der Waals surface area contributed by atoms with Gasteiger partial charge in [0, 0.05) is 0 Å². The summed E-state index contributed by atoms with van der Waals surface area (Å²) in [6.07, 6.45) is 5.32. The first-order valence-electron chi connectivity index (χ1n) is 7.08. The molecule has 0 heterocycles. The minimum Gasteiger partial charge on any atom is -0.382 e. The van der Waals surface area contributed by atoms with Crippen LogP contribution in [0, 0.1) is 0 Å². The molecule has 0 bridgehead atoms. The molecule has 3 nitrogen and oxygen atoms in total. The lowest BCUT2D eigenvalue weighted by molar-refractivity contribution is 0.453. The van der Waals surface area contributed by atoms with Crippen molar-refractivity contribution in [1.82, 2.24) is 0 Å². The Morgan fingerprint density at radius 2 is 1.68 bits per heavy atom. The van der Waals surface area contributed by atoms with Gasteiger partial charge in [-0.2, -0.15) is 8.42 Å². The Morgan fingerprint density at radius 3 is 2.26 bits per heavy atom. The van der Waals surface area contributed by atoms with Gasteiger partial charge in [-0.1, -0.05) is 57.7 Å². The highest BCUT2D eigenvalue weighted by Gasteiger charge is 2.26. The third kappa shape index (κ3) is 5.64. The van der Waals surface area contributed by atoms with Gasteiger partial charge in [-0.05, 0) is 25.0 Å². The van der Waals surface area contributed by atoms with E-state index in [4.69, 9.17) is 4.18 Å². The summed E-state index contributed by atoms with van der Waals surface area (Å²) < 4.78 is 29.7. The van der Waals surface area contributed by atoms with Gasteiger partial charge in [0.2, 0.25) is 0 Å². The molecule has 1 atom stereocenters. The second-order valence-electron chi connectivity index (χ2n) is 4.80. The molecule has 0 aliphatic rings. The smallest absolute Gasteiger partial charge is 0.312 e. The number of rotatable bonds is 9. The number of para-hydroxylation sites is 1. The average molecular weight is 284 g/mol. The normalized spacial score (nSPS) is 13.2. The summed E-state index contributed by atoms with van der Waals surface area (Å²) in [5.74, 6) is 0.402. The Hall–Kier alpha value is -1.03. The van der Waals surface area contributed by atoms with E-state index in [0.717, 1.165) is 25.7 Å². The van der Waals surface area contributed by atoms with Crippen LogP contribution in [0.5, 0.6) is 5.75 Å². The molecular formula is C15H24O3S. The Bertz CT molecular complexity index is 440. The van der Waals surface area contributed by atoms with E-state index in [1.54, 1.807) is 24.3 Å². The molecule has 0 aromatic heterocycles. The van der Waals surface area contributed by atoms with Gasteiger partial charge < -0.3 is 4.18 Å². The van der Waals surface area contributed by atoms with Crippen LogP contribution in [0.4, 0.5) is 0 Å². The second-order valence-corrected chi connectivity index (χ2v) is 6.61. The van der Waals surface area contributed by atoms with E-state index < -0.39 is 10.1 Å². The fourth-order valence-electron chi connectivity index (χ4n) is 2.06. The Morgan fingerprint density at radius 1 is 1.00 bits per heavy atom. The summed E-state index contributed by atoms with van der Waals surface area (Å²) in [4.78, 5) is 0. The fourth-order valence-corrected chi connectivity index (χ4v) is 3.55. The summed E-state index contributed by atoms with van der Waals surface area (Å²) in [6.45, 7) is 4.12. The molecule has 0 spiro atoms. The zero-order valence-corrected chi connectivity index (χ0v) is 12.7. The number of hydrogen-bond acceptors (Lipinski definition) is 3. The van der Waals surface area contributed by atoms with Crippen LogP contribution in [0.2, 0.25) is 0 Å². The molecule has 0 fully saturated rings. The van der Waals surface area contributed by atoms with Crippen molar-refractivity contribution in [3.8, 4) is 5.75 Å². The zero-order chi connectivity index (χ0) is 14.1. The highest BCUT2D eigenvalue weighted by molar-refractivity contribution is 7.87. The lowest BCUT2D eigenvalue weighted by atomic mass is 10.1.